The molecule has 1 N–H and O–H groups in total. The molecule has 8 heteroatoms. The number of carbonyl (C=O) groups is 1. The molecule has 0 bridgehead atoms. The van der Waals surface area contributed by atoms with Gasteiger partial charge in [-0.15, -0.1) is 0 Å². The minimum absolute atomic E-state index is 0.0705. The smallest absolute Gasteiger partial charge is 0.337 e. The van der Waals surface area contributed by atoms with Crippen molar-refractivity contribution in [3.8, 4) is 23.0 Å². The summed E-state index contributed by atoms with van der Waals surface area (Å²) in [4.78, 5) is 14.8. The van der Waals surface area contributed by atoms with E-state index in [1.165, 1.54) is 0 Å². The van der Waals surface area contributed by atoms with Gasteiger partial charge in [0, 0.05) is 24.2 Å². The summed E-state index contributed by atoms with van der Waals surface area (Å²) in [6, 6.07) is 7.70. The molecular formula is C23H23NO7. The van der Waals surface area contributed by atoms with Crippen LogP contribution in [0, 0.1) is 6.92 Å². The van der Waals surface area contributed by atoms with Crippen molar-refractivity contribution in [2.24, 2.45) is 0 Å². The predicted molar refractivity (Wildman–Crippen MR) is 111 cm³/mol. The number of benzene rings is 2. The Bertz CT molecular complexity index is 1110. The molecule has 0 amide bonds. The molecule has 3 heterocycles. The molecule has 2 aromatic rings. The van der Waals surface area contributed by atoms with Gasteiger partial charge in [-0.25, -0.2) is 4.79 Å². The van der Waals surface area contributed by atoms with E-state index in [-0.39, 0.29) is 31.9 Å². The normalized spacial score (nSPS) is 18.6. The molecule has 0 radical (unpaired) electrons. The Labute approximate surface area is 179 Å². The lowest BCUT2D eigenvalue weighted by molar-refractivity contribution is -0.136. The Balaban J connectivity index is 1.77. The lowest BCUT2D eigenvalue weighted by Crippen LogP contribution is -2.33. The Hall–Kier alpha value is -3.39. The number of hydrogen-bond donors (Lipinski definition) is 1. The van der Waals surface area contributed by atoms with E-state index in [9.17, 15) is 9.90 Å². The number of nitrogens with zero attached hydrogens (tertiary/aromatic N) is 1. The number of β-amino-alcohol motifs (C(OH)–C–C–N with tert-alkyl or cyclic N) is 1. The van der Waals surface area contributed by atoms with Gasteiger partial charge in [-0.05, 0) is 35.7 Å². The van der Waals surface area contributed by atoms with Crippen LogP contribution in [0.5, 0.6) is 23.0 Å². The van der Waals surface area contributed by atoms with Crippen molar-refractivity contribution in [3.05, 3.63) is 52.2 Å². The largest absolute Gasteiger partial charge is 0.493 e. The minimum atomic E-state index is -0.386. The summed E-state index contributed by atoms with van der Waals surface area (Å²) >= 11 is 0. The van der Waals surface area contributed by atoms with Crippen LogP contribution in [0.15, 0.2) is 35.5 Å². The van der Waals surface area contributed by atoms with Gasteiger partial charge in [0.25, 0.3) is 0 Å². The van der Waals surface area contributed by atoms with Crippen LogP contribution in [0.2, 0.25) is 0 Å². The molecule has 0 saturated carbocycles. The van der Waals surface area contributed by atoms with E-state index in [0.717, 1.165) is 28.1 Å². The molecule has 0 fully saturated rings. The molecule has 5 rings (SSSR count). The van der Waals surface area contributed by atoms with E-state index >= 15 is 0 Å². The van der Waals surface area contributed by atoms with Crippen molar-refractivity contribution < 1.29 is 33.6 Å². The molecule has 1 unspecified atom stereocenters. The van der Waals surface area contributed by atoms with E-state index in [4.69, 9.17) is 23.7 Å². The Morgan fingerprint density at radius 3 is 2.58 bits per heavy atom. The SMILES string of the molecule is COc1cc(C2C3=C(COC3=O)N(CCO)c3cc4c(cc32)OCO4)cc(C)c1OC. The third kappa shape index (κ3) is 2.90. The van der Waals surface area contributed by atoms with Crippen LogP contribution >= 0.6 is 0 Å². The quantitative estimate of drug-likeness (QED) is 0.732. The standard InChI is InChI=1S/C23H23NO7/c1-12-6-13(7-19(27-2)22(12)28-3)20-14-8-17-18(31-11-30-17)9-15(14)24(4-5-25)16-10-29-23(26)21(16)20/h6-9,20,25H,4-5,10-11H2,1-3H3. The lowest BCUT2D eigenvalue weighted by Gasteiger charge is -2.35. The number of hydrogen-bond acceptors (Lipinski definition) is 8. The molecule has 31 heavy (non-hydrogen) atoms. The number of ether oxygens (including phenoxy) is 5. The number of cyclic esters (lactones) is 1. The van der Waals surface area contributed by atoms with Crippen LogP contribution in [-0.2, 0) is 9.53 Å². The number of aryl methyl sites for hydroxylation is 1. The molecule has 0 spiro atoms. The summed E-state index contributed by atoms with van der Waals surface area (Å²) in [6.45, 7) is 2.51. The molecule has 8 nitrogen and oxygen atoms in total. The zero-order valence-electron chi connectivity index (χ0n) is 17.6. The number of aliphatic hydroxyl groups is 1. The number of aliphatic hydroxyl groups excluding tert-OH is 1. The molecule has 162 valence electrons. The third-order valence-corrected chi connectivity index (χ3v) is 5.95. The maximum Gasteiger partial charge on any atom is 0.337 e. The van der Waals surface area contributed by atoms with E-state index in [0.29, 0.717) is 35.1 Å². The summed E-state index contributed by atoms with van der Waals surface area (Å²) in [5.41, 5.74) is 4.82. The first kappa shape index (κ1) is 19.6. The molecule has 0 saturated heterocycles. The zero-order valence-corrected chi connectivity index (χ0v) is 17.6. The molecule has 1 atom stereocenters. The monoisotopic (exact) mass is 425 g/mol. The first-order chi connectivity index (χ1) is 15.1. The number of methoxy groups -OCH3 is 2. The van der Waals surface area contributed by atoms with E-state index < -0.39 is 0 Å². The van der Waals surface area contributed by atoms with Crippen molar-refractivity contribution in [2.75, 3.05) is 45.7 Å². The number of fused-ring (bicyclic) bond motifs is 2. The second-order valence-corrected chi connectivity index (χ2v) is 7.58. The number of anilines is 1. The average molecular weight is 425 g/mol. The second kappa shape index (κ2) is 7.39. The Morgan fingerprint density at radius 2 is 1.87 bits per heavy atom. The highest BCUT2D eigenvalue weighted by Gasteiger charge is 2.43. The topological polar surface area (TPSA) is 86.7 Å². The molecular weight excluding hydrogens is 402 g/mol. The average Bonchev–Trinajstić information content (AvgIpc) is 3.38. The van der Waals surface area contributed by atoms with Gasteiger partial charge >= 0.3 is 5.97 Å². The lowest BCUT2D eigenvalue weighted by atomic mass is 9.79. The second-order valence-electron chi connectivity index (χ2n) is 7.58. The third-order valence-electron chi connectivity index (χ3n) is 5.95. The fraction of sp³-hybridized carbons (Fsp3) is 0.348. The van der Waals surface area contributed by atoms with Crippen molar-refractivity contribution in [1.82, 2.24) is 0 Å². The Morgan fingerprint density at radius 1 is 1.10 bits per heavy atom. The molecule has 3 aliphatic heterocycles. The molecule has 3 aliphatic rings. The molecule has 2 aromatic carbocycles. The van der Waals surface area contributed by atoms with Crippen LogP contribution in [0.3, 0.4) is 0 Å². The van der Waals surface area contributed by atoms with Crippen molar-refractivity contribution >= 4 is 11.7 Å². The van der Waals surface area contributed by atoms with Crippen molar-refractivity contribution in [2.45, 2.75) is 12.8 Å². The summed E-state index contributed by atoms with van der Waals surface area (Å²) in [5.74, 6) is 1.75. The first-order valence-corrected chi connectivity index (χ1v) is 10.0. The van der Waals surface area contributed by atoms with Crippen LogP contribution in [0.4, 0.5) is 5.69 Å². The van der Waals surface area contributed by atoms with Gasteiger partial charge in [0.15, 0.2) is 23.0 Å². The number of esters is 1. The summed E-state index contributed by atoms with van der Waals surface area (Å²) in [5, 5.41) is 9.69. The van der Waals surface area contributed by atoms with Crippen LogP contribution in [0.25, 0.3) is 0 Å². The van der Waals surface area contributed by atoms with Gasteiger partial charge < -0.3 is 33.7 Å². The zero-order chi connectivity index (χ0) is 21.7. The van der Waals surface area contributed by atoms with E-state index in [2.05, 4.69) is 0 Å². The fourth-order valence-electron chi connectivity index (χ4n) is 4.68. The van der Waals surface area contributed by atoms with Gasteiger partial charge in [-0.2, -0.15) is 0 Å². The Kier molecular flexibility index (Phi) is 4.66. The first-order valence-electron chi connectivity index (χ1n) is 10.0. The summed E-state index contributed by atoms with van der Waals surface area (Å²) in [7, 11) is 3.19. The van der Waals surface area contributed by atoms with Gasteiger partial charge in [-0.1, -0.05) is 6.07 Å². The highest BCUT2D eigenvalue weighted by atomic mass is 16.7. The molecule has 0 aliphatic carbocycles. The van der Waals surface area contributed by atoms with E-state index in [1.54, 1.807) is 14.2 Å². The number of rotatable bonds is 5. The fourth-order valence-corrected chi connectivity index (χ4v) is 4.68. The van der Waals surface area contributed by atoms with Crippen LogP contribution in [0.1, 0.15) is 22.6 Å². The maximum absolute atomic E-state index is 12.9. The van der Waals surface area contributed by atoms with Gasteiger partial charge in [0.2, 0.25) is 6.79 Å². The predicted octanol–water partition coefficient (Wildman–Crippen LogP) is 2.50. The van der Waals surface area contributed by atoms with Gasteiger partial charge in [-0.3, -0.25) is 0 Å². The number of carbonyl (C=O) groups excluding carboxylic acids is 1. The van der Waals surface area contributed by atoms with Crippen LogP contribution in [-0.4, -0.2) is 51.8 Å². The van der Waals surface area contributed by atoms with Crippen molar-refractivity contribution in [3.63, 3.8) is 0 Å². The maximum atomic E-state index is 12.9. The van der Waals surface area contributed by atoms with E-state index in [1.807, 2.05) is 36.1 Å². The highest BCUT2D eigenvalue weighted by Crippen LogP contribution is 2.52. The minimum Gasteiger partial charge on any atom is -0.493 e. The van der Waals surface area contributed by atoms with Crippen LogP contribution < -0.4 is 23.8 Å². The van der Waals surface area contributed by atoms with Gasteiger partial charge in [0.1, 0.15) is 6.61 Å². The van der Waals surface area contributed by atoms with Crippen molar-refractivity contribution in [1.29, 1.82) is 0 Å². The highest BCUT2D eigenvalue weighted by molar-refractivity contribution is 5.98. The van der Waals surface area contributed by atoms with Gasteiger partial charge in [0.05, 0.1) is 32.1 Å². The summed E-state index contributed by atoms with van der Waals surface area (Å²) < 4.78 is 27.7. The summed E-state index contributed by atoms with van der Waals surface area (Å²) in [6.07, 6.45) is 0. The molecule has 0 aromatic heterocycles.